The van der Waals surface area contributed by atoms with Crippen molar-refractivity contribution in [1.82, 2.24) is 9.97 Å². The minimum Gasteiger partial charge on any atom is -0.235 e. The van der Waals surface area contributed by atoms with Crippen LogP contribution in [0, 0.1) is 11.3 Å². The summed E-state index contributed by atoms with van der Waals surface area (Å²) >= 11 is 7.34. The molecule has 0 unspecified atom stereocenters. The lowest BCUT2D eigenvalue weighted by Crippen LogP contribution is -1.90. The molecule has 0 bridgehead atoms. The highest BCUT2D eigenvalue weighted by Crippen LogP contribution is 2.20. The fraction of sp³-hybridized carbons (Fsp3) is 0. The van der Waals surface area contributed by atoms with Crippen molar-refractivity contribution in [1.29, 1.82) is 5.26 Å². The van der Waals surface area contributed by atoms with Crippen molar-refractivity contribution in [3.8, 4) is 17.5 Å². The molecule has 0 aliphatic rings. The molecule has 68 valence electrons. The topological polar surface area (TPSA) is 49.6 Å². The first-order valence-electron chi connectivity index (χ1n) is 3.76. The minimum atomic E-state index is 0.198. The van der Waals surface area contributed by atoms with Crippen LogP contribution in [0.2, 0.25) is 5.15 Å². The zero-order chi connectivity index (χ0) is 9.97. The van der Waals surface area contributed by atoms with Crippen LogP contribution in [0.4, 0.5) is 0 Å². The molecule has 0 aromatic carbocycles. The van der Waals surface area contributed by atoms with E-state index < -0.39 is 0 Å². The second-order valence-corrected chi connectivity index (χ2v) is 3.66. The van der Waals surface area contributed by atoms with Gasteiger partial charge in [-0.1, -0.05) is 11.6 Å². The molecule has 0 saturated heterocycles. The van der Waals surface area contributed by atoms with Crippen molar-refractivity contribution in [2.45, 2.75) is 0 Å². The maximum absolute atomic E-state index is 8.63. The highest BCUT2D eigenvalue weighted by molar-refractivity contribution is 7.08. The van der Waals surface area contributed by atoms with Crippen molar-refractivity contribution in [2.75, 3.05) is 0 Å². The third-order valence-corrected chi connectivity index (χ3v) is 2.61. The highest BCUT2D eigenvalue weighted by Gasteiger charge is 2.06. The van der Waals surface area contributed by atoms with Gasteiger partial charge in [-0.3, -0.25) is 0 Å². The summed E-state index contributed by atoms with van der Waals surface area (Å²) in [7, 11) is 0. The van der Waals surface area contributed by atoms with E-state index in [1.807, 2.05) is 22.9 Å². The molecule has 0 aliphatic heterocycles. The zero-order valence-corrected chi connectivity index (χ0v) is 8.51. The number of halogens is 1. The lowest BCUT2D eigenvalue weighted by atomic mass is 10.3. The van der Waals surface area contributed by atoms with Gasteiger partial charge in [-0.25, -0.2) is 9.97 Å². The average Bonchev–Trinajstić information content (AvgIpc) is 2.70. The summed E-state index contributed by atoms with van der Waals surface area (Å²) in [6, 6.07) is 3.82. The molecule has 2 heterocycles. The van der Waals surface area contributed by atoms with Crippen LogP contribution in [0.3, 0.4) is 0 Å². The normalized spacial score (nSPS) is 9.71. The van der Waals surface area contributed by atoms with Gasteiger partial charge < -0.3 is 0 Å². The van der Waals surface area contributed by atoms with Crippen molar-refractivity contribution in [3.05, 3.63) is 33.7 Å². The van der Waals surface area contributed by atoms with Gasteiger partial charge in [0.1, 0.15) is 11.6 Å². The monoisotopic (exact) mass is 221 g/mol. The Bertz CT molecular complexity index is 487. The quantitative estimate of drug-likeness (QED) is 0.696. The predicted octanol–water partition coefficient (Wildman–Crippen LogP) is 2.73. The van der Waals surface area contributed by atoms with E-state index in [0.29, 0.717) is 11.4 Å². The largest absolute Gasteiger partial charge is 0.235 e. The van der Waals surface area contributed by atoms with Gasteiger partial charge in [-0.2, -0.15) is 16.6 Å². The van der Waals surface area contributed by atoms with Crippen LogP contribution in [0.1, 0.15) is 5.56 Å². The molecular formula is C9H4ClN3S. The number of hydrogen-bond acceptors (Lipinski definition) is 4. The fourth-order valence-corrected chi connectivity index (χ4v) is 1.77. The Morgan fingerprint density at radius 1 is 1.50 bits per heavy atom. The van der Waals surface area contributed by atoms with Gasteiger partial charge >= 0.3 is 0 Å². The van der Waals surface area contributed by atoms with E-state index in [2.05, 4.69) is 9.97 Å². The number of aromatic nitrogens is 2. The summed E-state index contributed by atoms with van der Waals surface area (Å²) in [5.41, 5.74) is 1.21. The summed E-state index contributed by atoms with van der Waals surface area (Å²) in [6.07, 6.45) is 1.43. The molecule has 0 atom stereocenters. The Morgan fingerprint density at radius 2 is 2.36 bits per heavy atom. The third kappa shape index (κ3) is 1.60. The van der Waals surface area contributed by atoms with E-state index >= 15 is 0 Å². The molecule has 0 N–H and O–H groups in total. The average molecular weight is 222 g/mol. The summed E-state index contributed by atoms with van der Waals surface area (Å²) in [4.78, 5) is 8.07. The highest BCUT2D eigenvalue weighted by atomic mass is 35.5. The van der Waals surface area contributed by atoms with Gasteiger partial charge in [0.25, 0.3) is 0 Å². The Labute approximate surface area is 89.6 Å². The van der Waals surface area contributed by atoms with Gasteiger partial charge in [-0.05, 0) is 11.4 Å². The molecule has 14 heavy (non-hydrogen) atoms. The summed E-state index contributed by atoms with van der Waals surface area (Å²) in [5.74, 6) is 0.551. The molecule has 3 nitrogen and oxygen atoms in total. The molecular weight excluding hydrogens is 218 g/mol. The van der Waals surface area contributed by atoms with Gasteiger partial charge in [-0.15, -0.1) is 0 Å². The second-order valence-electron chi connectivity index (χ2n) is 2.52. The molecule has 0 aliphatic carbocycles. The number of thiophene rings is 1. The third-order valence-electron chi connectivity index (χ3n) is 1.64. The summed E-state index contributed by atoms with van der Waals surface area (Å²) in [5, 5.41) is 12.7. The molecule has 0 spiro atoms. The van der Waals surface area contributed by atoms with Crippen LogP contribution in [0.25, 0.3) is 11.4 Å². The molecule has 2 rings (SSSR count). The Kier molecular flexibility index (Phi) is 2.44. The van der Waals surface area contributed by atoms with Gasteiger partial charge in [0.15, 0.2) is 11.0 Å². The molecule has 0 saturated carbocycles. The van der Waals surface area contributed by atoms with Crippen molar-refractivity contribution < 1.29 is 0 Å². The zero-order valence-electron chi connectivity index (χ0n) is 6.94. The van der Waals surface area contributed by atoms with Crippen LogP contribution in [0.15, 0.2) is 23.0 Å². The number of hydrogen-bond donors (Lipinski definition) is 0. The lowest BCUT2D eigenvalue weighted by molar-refractivity contribution is 1.16. The van der Waals surface area contributed by atoms with E-state index in [-0.39, 0.29) is 5.15 Å². The molecule has 2 aromatic heterocycles. The number of rotatable bonds is 1. The maximum Gasteiger partial charge on any atom is 0.161 e. The maximum atomic E-state index is 8.63. The first kappa shape index (κ1) is 9.13. The number of nitrogens with zero attached hydrogens (tertiary/aromatic N) is 3. The Hall–Kier alpha value is -1.44. The van der Waals surface area contributed by atoms with E-state index in [9.17, 15) is 0 Å². The van der Waals surface area contributed by atoms with E-state index in [1.54, 1.807) is 11.3 Å². The minimum absolute atomic E-state index is 0.198. The molecule has 0 amide bonds. The van der Waals surface area contributed by atoms with Gasteiger partial charge in [0.2, 0.25) is 0 Å². The van der Waals surface area contributed by atoms with Crippen LogP contribution in [0.5, 0.6) is 0 Å². The standard InChI is InChI=1S/C9H4ClN3S/c10-8-7(3-11)4-12-9(13-8)6-1-2-14-5-6/h1-2,4-5H. The smallest absolute Gasteiger partial charge is 0.161 e. The van der Waals surface area contributed by atoms with Crippen molar-refractivity contribution in [2.24, 2.45) is 0 Å². The van der Waals surface area contributed by atoms with Crippen LogP contribution < -0.4 is 0 Å². The van der Waals surface area contributed by atoms with Gasteiger partial charge in [0, 0.05) is 10.9 Å². The van der Waals surface area contributed by atoms with E-state index in [1.165, 1.54) is 6.20 Å². The van der Waals surface area contributed by atoms with Crippen molar-refractivity contribution >= 4 is 22.9 Å². The van der Waals surface area contributed by atoms with Crippen molar-refractivity contribution in [3.63, 3.8) is 0 Å². The SMILES string of the molecule is N#Cc1cnc(-c2ccsc2)nc1Cl. The van der Waals surface area contributed by atoms with E-state index in [0.717, 1.165) is 5.56 Å². The summed E-state index contributed by atoms with van der Waals surface area (Å²) < 4.78 is 0. The number of nitriles is 1. The Morgan fingerprint density at radius 3 is 2.93 bits per heavy atom. The van der Waals surface area contributed by atoms with E-state index in [4.69, 9.17) is 16.9 Å². The molecule has 5 heteroatoms. The van der Waals surface area contributed by atoms with Gasteiger partial charge in [0.05, 0.1) is 6.20 Å². The predicted molar refractivity (Wildman–Crippen MR) is 55.1 cm³/mol. The molecule has 2 aromatic rings. The fourth-order valence-electron chi connectivity index (χ4n) is 0.967. The van der Waals surface area contributed by atoms with Crippen LogP contribution in [-0.2, 0) is 0 Å². The molecule has 0 fully saturated rings. The lowest BCUT2D eigenvalue weighted by Gasteiger charge is -1.97. The first-order chi connectivity index (χ1) is 6.81. The van der Waals surface area contributed by atoms with Crippen LogP contribution >= 0.6 is 22.9 Å². The molecule has 0 radical (unpaired) electrons. The first-order valence-corrected chi connectivity index (χ1v) is 5.08. The van der Waals surface area contributed by atoms with Crippen LogP contribution in [-0.4, -0.2) is 9.97 Å². The Balaban J connectivity index is 2.49. The summed E-state index contributed by atoms with van der Waals surface area (Å²) in [6.45, 7) is 0. The second kappa shape index (κ2) is 3.74.